The van der Waals surface area contributed by atoms with Gasteiger partial charge >= 0.3 is 0 Å². The number of fused-ring (bicyclic) bond motifs is 3. The van der Waals surface area contributed by atoms with Crippen molar-refractivity contribution < 1.29 is 9.59 Å². The molecule has 3 aromatic carbocycles. The van der Waals surface area contributed by atoms with Gasteiger partial charge in [0.1, 0.15) is 0 Å². The van der Waals surface area contributed by atoms with Gasteiger partial charge in [-0.3, -0.25) is 9.59 Å². The Hall–Kier alpha value is -3.84. The predicted molar refractivity (Wildman–Crippen MR) is 137 cm³/mol. The fourth-order valence-corrected chi connectivity index (χ4v) is 4.90. The van der Waals surface area contributed by atoms with Crippen LogP contribution in [0.3, 0.4) is 0 Å². The second-order valence-corrected chi connectivity index (χ2v) is 9.17. The summed E-state index contributed by atoms with van der Waals surface area (Å²) in [6, 6.07) is 15.7. The van der Waals surface area contributed by atoms with Gasteiger partial charge in [0.05, 0.1) is 11.9 Å². The summed E-state index contributed by atoms with van der Waals surface area (Å²) < 4.78 is 0. The van der Waals surface area contributed by atoms with Crippen molar-refractivity contribution in [2.75, 3.05) is 39.0 Å². The van der Waals surface area contributed by atoms with Gasteiger partial charge in [0.15, 0.2) is 0 Å². The van der Waals surface area contributed by atoms with Crippen LogP contribution in [0.1, 0.15) is 21.5 Å². The van der Waals surface area contributed by atoms with Crippen molar-refractivity contribution in [1.29, 1.82) is 0 Å². The predicted octanol–water partition coefficient (Wildman–Crippen LogP) is 3.29. The number of nitrogens with one attached hydrogen (secondary N) is 1. The summed E-state index contributed by atoms with van der Waals surface area (Å²) in [6.07, 6.45) is 0.132. The lowest BCUT2D eigenvalue weighted by Crippen LogP contribution is -2.47. The second kappa shape index (κ2) is 8.50. The highest BCUT2D eigenvalue weighted by Crippen LogP contribution is 2.39. The number of carbonyl (C=O) groups excluding carboxylic acids is 2. The first-order valence-corrected chi connectivity index (χ1v) is 11.5. The van der Waals surface area contributed by atoms with Gasteiger partial charge in [-0.1, -0.05) is 30.3 Å². The molecule has 2 amide bonds. The van der Waals surface area contributed by atoms with Gasteiger partial charge in [0, 0.05) is 53.7 Å². The first-order valence-electron chi connectivity index (χ1n) is 11.5. The molecule has 1 aliphatic rings. The number of carbonyl (C=O) groups is 2. The molecule has 0 atom stereocenters. The van der Waals surface area contributed by atoms with Crippen molar-refractivity contribution in [3.05, 3.63) is 65.2 Å². The van der Waals surface area contributed by atoms with Crippen LogP contribution in [-0.2, 0) is 11.2 Å². The van der Waals surface area contributed by atoms with Crippen molar-refractivity contribution in [1.82, 2.24) is 14.8 Å². The summed E-state index contributed by atoms with van der Waals surface area (Å²) in [6.45, 7) is 5.21. The lowest BCUT2D eigenvalue weighted by atomic mass is 9.93. The van der Waals surface area contributed by atoms with Crippen LogP contribution in [0.15, 0.2) is 48.5 Å². The fourth-order valence-electron chi connectivity index (χ4n) is 4.90. The molecule has 4 aromatic rings. The molecule has 1 aromatic heterocycles. The van der Waals surface area contributed by atoms with Crippen LogP contribution in [0, 0.1) is 6.92 Å². The van der Waals surface area contributed by atoms with E-state index in [1.54, 1.807) is 0 Å². The Morgan fingerprint density at radius 1 is 1.00 bits per heavy atom. The molecule has 7 nitrogen and oxygen atoms in total. The Bertz CT molecular complexity index is 1430. The minimum Gasteiger partial charge on any atom is -0.398 e. The van der Waals surface area contributed by atoms with Crippen molar-refractivity contribution in [2.45, 2.75) is 13.3 Å². The van der Waals surface area contributed by atoms with Crippen LogP contribution >= 0.6 is 0 Å². The number of nitrogens with two attached hydrogens (primary N) is 2. The molecule has 1 aliphatic heterocycles. The molecule has 174 valence electrons. The lowest BCUT2D eigenvalue weighted by Gasteiger charge is -2.32. The zero-order chi connectivity index (χ0) is 24.0. The maximum absolute atomic E-state index is 13.2. The van der Waals surface area contributed by atoms with Crippen LogP contribution < -0.4 is 11.5 Å². The van der Waals surface area contributed by atoms with E-state index in [1.165, 1.54) is 0 Å². The third-order valence-electron chi connectivity index (χ3n) is 6.91. The quantitative estimate of drug-likeness (QED) is 0.410. The normalized spacial score (nSPS) is 14.7. The molecule has 1 saturated heterocycles. The number of aromatic amines is 1. The van der Waals surface area contributed by atoms with Crippen molar-refractivity contribution in [3.8, 4) is 11.1 Å². The smallest absolute Gasteiger partial charge is 0.254 e. The molecule has 0 radical (unpaired) electrons. The number of aromatic nitrogens is 1. The summed E-state index contributed by atoms with van der Waals surface area (Å²) in [4.78, 5) is 32.5. The number of anilines is 1. The van der Waals surface area contributed by atoms with Gasteiger partial charge in [-0.2, -0.15) is 0 Å². The summed E-state index contributed by atoms with van der Waals surface area (Å²) in [5.41, 5.74) is 18.7. The Kier molecular flexibility index (Phi) is 5.49. The fraction of sp³-hybridized carbons (Fsp3) is 0.259. The highest BCUT2D eigenvalue weighted by molar-refractivity contribution is 6.17. The number of primary amides is 1. The van der Waals surface area contributed by atoms with E-state index in [2.05, 4.69) is 23.0 Å². The number of likely N-dealkylation sites (N-methyl/N-ethyl adjacent to an activating group) is 1. The molecule has 7 heteroatoms. The summed E-state index contributed by atoms with van der Waals surface area (Å²) in [5, 5.41) is 1.99. The lowest BCUT2D eigenvalue weighted by molar-refractivity contribution is -0.117. The average Bonchev–Trinajstić information content (AvgIpc) is 3.20. The Morgan fingerprint density at radius 3 is 2.50 bits per heavy atom. The summed E-state index contributed by atoms with van der Waals surface area (Å²) >= 11 is 0. The number of rotatable bonds is 4. The van der Waals surface area contributed by atoms with Gasteiger partial charge in [-0.05, 0) is 54.4 Å². The van der Waals surface area contributed by atoms with E-state index in [0.29, 0.717) is 5.56 Å². The Labute approximate surface area is 198 Å². The summed E-state index contributed by atoms with van der Waals surface area (Å²) in [7, 11) is 2.07. The number of nitrogen functional groups attached to an aromatic ring is 1. The maximum atomic E-state index is 13.2. The molecule has 1 fully saturated rings. The SMILES string of the molecule is Cc1c(N)cccc1-c1ccc(CC(N)=O)c2[nH]c3cc(C(=O)N4CCN(C)CC4)ccc3c12. The van der Waals surface area contributed by atoms with Gasteiger partial charge in [-0.15, -0.1) is 0 Å². The minimum absolute atomic E-state index is 0.0397. The number of hydrogen-bond acceptors (Lipinski definition) is 4. The zero-order valence-electron chi connectivity index (χ0n) is 19.5. The van der Waals surface area contributed by atoms with E-state index in [-0.39, 0.29) is 12.3 Å². The second-order valence-electron chi connectivity index (χ2n) is 9.17. The number of amides is 2. The largest absolute Gasteiger partial charge is 0.398 e. The number of piperazine rings is 1. The van der Waals surface area contributed by atoms with Crippen molar-refractivity contribution >= 4 is 39.3 Å². The number of nitrogens with zero attached hydrogens (tertiary/aromatic N) is 2. The molecule has 0 spiro atoms. The molecule has 2 heterocycles. The van der Waals surface area contributed by atoms with Gasteiger partial charge < -0.3 is 26.3 Å². The molecule has 34 heavy (non-hydrogen) atoms. The topological polar surface area (TPSA) is 108 Å². The zero-order valence-corrected chi connectivity index (χ0v) is 19.5. The molecule has 5 rings (SSSR count). The summed E-state index contributed by atoms with van der Waals surface area (Å²) in [5.74, 6) is -0.350. The molecule has 0 unspecified atom stereocenters. The third kappa shape index (κ3) is 3.78. The van der Waals surface area contributed by atoms with Crippen LogP contribution in [0.25, 0.3) is 32.9 Å². The molecular weight excluding hydrogens is 426 g/mol. The van der Waals surface area contributed by atoms with Crippen LogP contribution in [0.4, 0.5) is 5.69 Å². The van der Waals surface area contributed by atoms with E-state index >= 15 is 0 Å². The average molecular weight is 456 g/mol. The highest BCUT2D eigenvalue weighted by atomic mass is 16.2. The van der Waals surface area contributed by atoms with Crippen LogP contribution in [0.5, 0.6) is 0 Å². The Balaban J connectivity index is 1.68. The van der Waals surface area contributed by atoms with E-state index in [4.69, 9.17) is 11.5 Å². The van der Waals surface area contributed by atoms with Crippen LogP contribution in [0.2, 0.25) is 0 Å². The monoisotopic (exact) mass is 455 g/mol. The third-order valence-corrected chi connectivity index (χ3v) is 6.91. The van der Waals surface area contributed by atoms with Crippen molar-refractivity contribution in [3.63, 3.8) is 0 Å². The first kappa shape index (κ1) is 22.0. The Morgan fingerprint density at radius 2 is 1.76 bits per heavy atom. The van der Waals surface area contributed by atoms with Crippen LogP contribution in [-0.4, -0.2) is 59.8 Å². The number of H-pyrrole nitrogens is 1. The maximum Gasteiger partial charge on any atom is 0.254 e. The highest BCUT2D eigenvalue weighted by Gasteiger charge is 2.22. The van der Waals surface area contributed by atoms with Crippen molar-refractivity contribution in [2.24, 2.45) is 5.73 Å². The standard InChI is InChI=1S/C27H29N5O2/c1-16-19(4-3-5-22(16)28)20-8-6-17(15-24(29)33)26-25(20)21-9-7-18(14-23(21)30-26)27(34)32-12-10-31(2)11-13-32/h3-9,14,30H,10-13,15,28H2,1-2H3,(H2,29,33). The molecule has 0 bridgehead atoms. The minimum atomic E-state index is -0.390. The first-order chi connectivity index (χ1) is 16.3. The number of hydrogen-bond donors (Lipinski definition) is 3. The molecule has 0 aliphatic carbocycles. The molecule has 5 N–H and O–H groups in total. The molecular formula is C27H29N5O2. The van der Waals surface area contributed by atoms with Gasteiger partial charge in [0.25, 0.3) is 5.91 Å². The van der Waals surface area contributed by atoms with E-state index in [1.807, 2.05) is 54.3 Å². The number of benzene rings is 3. The molecule has 0 saturated carbocycles. The van der Waals surface area contributed by atoms with E-state index in [9.17, 15) is 9.59 Å². The van der Waals surface area contributed by atoms with Gasteiger partial charge in [-0.25, -0.2) is 0 Å². The van der Waals surface area contributed by atoms with Gasteiger partial charge in [0.2, 0.25) is 5.91 Å². The van der Waals surface area contributed by atoms with E-state index < -0.39 is 5.91 Å². The van der Waals surface area contributed by atoms with E-state index in [0.717, 1.165) is 75.9 Å².